The van der Waals surface area contributed by atoms with Crippen molar-refractivity contribution in [1.29, 1.82) is 0 Å². The molecule has 28 heavy (non-hydrogen) atoms. The number of amides is 1. The van der Waals surface area contributed by atoms with Gasteiger partial charge in [0.15, 0.2) is 11.7 Å². The number of rotatable bonds is 6. The summed E-state index contributed by atoms with van der Waals surface area (Å²) in [6.07, 6.45) is -2.65. The van der Waals surface area contributed by atoms with Crippen LogP contribution in [0.3, 0.4) is 0 Å². The van der Waals surface area contributed by atoms with Crippen LogP contribution in [0.2, 0.25) is 0 Å². The number of aryl methyl sites for hydroxylation is 1. The lowest BCUT2D eigenvalue weighted by Crippen LogP contribution is -2.13. The van der Waals surface area contributed by atoms with Crippen molar-refractivity contribution in [3.63, 3.8) is 0 Å². The van der Waals surface area contributed by atoms with Crippen molar-refractivity contribution >= 4 is 11.6 Å². The van der Waals surface area contributed by atoms with Crippen LogP contribution < -0.4 is 10.1 Å². The second kappa shape index (κ2) is 8.16. The lowest BCUT2D eigenvalue weighted by Gasteiger charge is -2.09. The Morgan fingerprint density at radius 3 is 2.61 bits per heavy atom. The number of aromatic nitrogens is 1. The van der Waals surface area contributed by atoms with Gasteiger partial charge in [0.05, 0.1) is 18.9 Å². The largest absolute Gasteiger partial charge is 0.497 e. The molecule has 8 heteroatoms. The van der Waals surface area contributed by atoms with Gasteiger partial charge >= 0.3 is 6.18 Å². The molecule has 3 aromatic rings. The van der Waals surface area contributed by atoms with Crippen LogP contribution in [0, 0.1) is 0 Å². The highest BCUT2D eigenvalue weighted by molar-refractivity contribution is 5.90. The van der Waals surface area contributed by atoms with Crippen molar-refractivity contribution in [3.8, 4) is 17.1 Å². The number of methoxy groups -OCH3 is 1. The van der Waals surface area contributed by atoms with E-state index < -0.39 is 17.6 Å². The number of nitrogens with one attached hydrogen (secondary N) is 1. The number of halogens is 3. The Balaban J connectivity index is 1.57. The van der Waals surface area contributed by atoms with Crippen molar-refractivity contribution in [2.75, 3.05) is 12.4 Å². The fraction of sp³-hybridized carbons (Fsp3) is 0.200. The summed E-state index contributed by atoms with van der Waals surface area (Å²) in [5, 5.41) is 2.45. The van der Waals surface area contributed by atoms with Crippen molar-refractivity contribution in [1.82, 2.24) is 4.98 Å². The van der Waals surface area contributed by atoms with Gasteiger partial charge in [0, 0.05) is 24.1 Å². The molecule has 1 amide bonds. The van der Waals surface area contributed by atoms with E-state index in [1.54, 1.807) is 25.4 Å². The van der Waals surface area contributed by atoms with Gasteiger partial charge in [-0.15, -0.1) is 0 Å². The summed E-state index contributed by atoms with van der Waals surface area (Å²) in [6.45, 7) is 0. The van der Waals surface area contributed by atoms with E-state index in [1.807, 2.05) is 12.1 Å². The molecule has 0 aliphatic carbocycles. The van der Waals surface area contributed by atoms with Gasteiger partial charge in [0.2, 0.25) is 5.91 Å². The molecular formula is C20H17F3N2O3. The number of nitrogens with zero attached hydrogens (tertiary/aromatic N) is 1. The lowest BCUT2D eigenvalue weighted by molar-refractivity contribution is -0.137. The fourth-order valence-electron chi connectivity index (χ4n) is 2.53. The minimum atomic E-state index is -4.46. The number of ether oxygens (including phenoxy) is 1. The maximum atomic E-state index is 12.7. The van der Waals surface area contributed by atoms with Crippen LogP contribution in [0.1, 0.15) is 17.9 Å². The molecule has 0 radical (unpaired) electrons. The van der Waals surface area contributed by atoms with Gasteiger partial charge in [0.1, 0.15) is 5.75 Å². The Bertz CT molecular complexity index is 950. The van der Waals surface area contributed by atoms with Crippen LogP contribution >= 0.6 is 0 Å². The van der Waals surface area contributed by atoms with E-state index >= 15 is 0 Å². The van der Waals surface area contributed by atoms with Gasteiger partial charge in [-0.05, 0) is 42.5 Å². The Kier molecular flexibility index (Phi) is 5.67. The van der Waals surface area contributed by atoms with Gasteiger partial charge in [-0.1, -0.05) is 6.07 Å². The topological polar surface area (TPSA) is 64.4 Å². The number of benzene rings is 2. The molecule has 0 fully saturated rings. The third kappa shape index (κ3) is 4.91. The summed E-state index contributed by atoms with van der Waals surface area (Å²) in [5.74, 6) is 1.21. The standard InChI is InChI=1S/C20H17F3N2O3/c1-27-16-7-5-13(6-8-16)17-12-24-19(28-17)10-9-18(26)25-15-4-2-3-14(11-15)20(21,22)23/h2-8,11-12H,9-10H2,1H3,(H,25,26). The quantitative estimate of drug-likeness (QED) is 0.648. The summed E-state index contributed by atoms with van der Waals surface area (Å²) < 4.78 is 48.9. The average molecular weight is 390 g/mol. The molecule has 0 saturated heterocycles. The Morgan fingerprint density at radius 1 is 1.18 bits per heavy atom. The van der Waals surface area contributed by atoms with Gasteiger partial charge in [-0.2, -0.15) is 13.2 Å². The summed E-state index contributed by atoms with van der Waals surface area (Å²) in [6, 6.07) is 11.7. The second-order valence-electron chi connectivity index (χ2n) is 5.97. The number of carbonyl (C=O) groups excluding carboxylic acids is 1. The summed E-state index contributed by atoms with van der Waals surface area (Å²) in [5.41, 5.74) is 0.0845. The summed E-state index contributed by atoms with van der Waals surface area (Å²) >= 11 is 0. The van der Waals surface area contributed by atoms with Crippen LogP contribution in [-0.4, -0.2) is 18.0 Å². The van der Waals surface area contributed by atoms with E-state index in [0.717, 1.165) is 23.4 Å². The van der Waals surface area contributed by atoms with E-state index in [-0.39, 0.29) is 18.5 Å². The minimum absolute atomic E-state index is 0.0266. The van der Waals surface area contributed by atoms with E-state index in [9.17, 15) is 18.0 Å². The van der Waals surface area contributed by atoms with Gasteiger partial charge < -0.3 is 14.5 Å². The van der Waals surface area contributed by atoms with E-state index in [0.29, 0.717) is 11.7 Å². The first-order chi connectivity index (χ1) is 13.3. The molecule has 146 valence electrons. The molecule has 0 aliphatic heterocycles. The molecule has 0 saturated carbocycles. The zero-order valence-electron chi connectivity index (χ0n) is 14.9. The molecule has 0 unspecified atom stereocenters. The second-order valence-corrected chi connectivity index (χ2v) is 5.97. The molecule has 3 rings (SSSR count). The van der Waals surface area contributed by atoms with Crippen molar-refractivity contribution in [2.24, 2.45) is 0 Å². The van der Waals surface area contributed by atoms with Gasteiger partial charge in [-0.25, -0.2) is 4.98 Å². The number of alkyl halides is 3. The number of oxazole rings is 1. The Morgan fingerprint density at radius 2 is 1.93 bits per heavy atom. The number of hydrogen-bond acceptors (Lipinski definition) is 4. The van der Waals surface area contributed by atoms with Crippen molar-refractivity contribution in [2.45, 2.75) is 19.0 Å². The van der Waals surface area contributed by atoms with Gasteiger partial charge in [0.25, 0.3) is 0 Å². The molecule has 0 atom stereocenters. The predicted octanol–water partition coefficient (Wildman–Crippen LogP) is 4.94. The molecule has 2 aromatic carbocycles. The zero-order valence-corrected chi connectivity index (χ0v) is 14.9. The molecule has 0 spiro atoms. The first-order valence-electron chi connectivity index (χ1n) is 8.41. The van der Waals surface area contributed by atoms with Crippen LogP contribution in [0.15, 0.2) is 59.1 Å². The normalized spacial score (nSPS) is 11.3. The highest BCUT2D eigenvalue weighted by Crippen LogP contribution is 2.30. The molecule has 0 aliphatic rings. The monoisotopic (exact) mass is 390 g/mol. The third-order valence-electron chi connectivity index (χ3n) is 3.97. The van der Waals surface area contributed by atoms with Crippen LogP contribution in [0.5, 0.6) is 5.75 Å². The summed E-state index contributed by atoms with van der Waals surface area (Å²) in [7, 11) is 1.58. The van der Waals surface area contributed by atoms with Crippen LogP contribution in [0.4, 0.5) is 18.9 Å². The highest BCUT2D eigenvalue weighted by Gasteiger charge is 2.30. The maximum Gasteiger partial charge on any atom is 0.416 e. The smallest absolute Gasteiger partial charge is 0.416 e. The first kappa shape index (κ1) is 19.5. The minimum Gasteiger partial charge on any atom is -0.497 e. The van der Waals surface area contributed by atoms with Crippen LogP contribution in [0.25, 0.3) is 11.3 Å². The maximum absolute atomic E-state index is 12.7. The first-order valence-corrected chi connectivity index (χ1v) is 8.41. The van der Waals surface area contributed by atoms with E-state index in [1.165, 1.54) is 12.1 Å². The van der Waals surface area contributed by atoms with Gasteiger partial charge in [-0.3, -0.25) is 4.79 Å². The summed E-state index contributed by atoms with van der Waals surface area (Å²) in [4.78, 5) is 16.2. The SMILES string of the molecule is COc1ccc(-c2cnc(CCC(=O)Nc3cccc(C(F)(F)F)c3)o2)cc1. The number of anilines is 1. The zero-order chi connectivity index (χ0) is 20.1. The number of carbonyl (C=O) groups is 1. The van der Waals surface area contributed by atoms with Crippen molar-refractivity contribution < 1.29 is 27.1 Å². The highest BCUT2D eigenvalue weighted by atomic mass is 19.4. The molecule has 1 aromatic heterocycles. The predicted molar refractivity (Wildman–Crippen MR) is 96.9 cm³/mol. The van der Waals surface area contributed by atoms with Crippen LogP contribution in [-0.2, 0) is 17.4 Å². The molecule has 1 N–H and O–H groups in total. The fourth-order valence-corrected chi connectivity index (χ4v) is 2.53. The Hall–Kier alpha value is -3.29. The third-order valence-corrected chi connectivity index (χ3v) is 3.97. The molecular weight excluding hydrogens is 373 g/mol. The number of hydrogen-bond donors (Lipinski definition) is 1. The average Bonchev–Trinajstić information content (AvgIpc) is 3.15. The lowest BCUT2D eigenvalue weighted by atomic mass is 10.2. The van der Waals surface area contributed by atoms with E-state index in [4.69, 9.17) is 9.15 Å². The molecule has 1 heterocycles. The van der Waals surface area contributed by atoms with Crippen molar-refractivity contribution in [3.05, 3.63) is 66.2 Å². The van der Waals surface area contributed by atoms with E-state index in [2.05, 4.69) is 10.3 Å². The molecule has 0 bridgehead atoms. The molecule has 5 nitrogen and oxygen atoms in total. The Labute approximate surface area is 159 Å².